The average Bonchev–Trinajstić information content (AvgIpc) is 3.30. The van der Waals surface area contributed by atoms with Crippen molar-refractivity contribution in [2.45, 2.75) is 64.2 Å². The predicted octanol–water partition coefficient (Wildman–Crippen LogP) is 1.91. The van der Waals surface area contributed by atoms with E-state index in [0.29, 0.717) is 31.4 Å². The van der Waals surface area contributed by atoms with Gasteiger partial charge in [-0.1, -0.05) is 50.6 Å². The zero-order valence-corrected chi connectivity index (χ0v) is 23.3. The number of halogens is 1. The minimum Gasteiger partial charge on any atom is -0.508 e. The standard InChI is InChI=1S/C30H37FN4O6/c1-3-18(2)26(34-25(37)17-41-13-12-31)29(39)33-23-11-10-20-7-5-8-21-15-24(35(27(20)21)30(23)40)28(38)32-16-19-6-4-9-22(36)14-19/h4-9,14,18,23-24,26,36H,3,10-13,15-17H2,1-2H3,(H,32,38)(H,33,39)(H,34,37)/t18-,23+,24+,26+/m1/s1. The van der Waals surface area contributed by atoms with Crippen molar-refractivity contribution in [2.75, 3.05) is 24.8 Å². The van der Waals surface area contributed by atoms with Crippen molar-refractivity contribution >= 4 is 29.3 Å². The van der Waals surface area contributed by atoms with Crippen LogP contribution in [0.3, 0.4) is 0 Å². The number of rotatable bonds is 12. The molecular formula is C30H37FN4O6. The predicted molar refractivity (Wildman–Crippen MR) is 150 cm³/mol. The molecule has 0 fully saturated rings. The van der Waals surface area contributed by atoms with Crippen LogP contribution in [0.2, 0.25) is 0 Å². The molecule has 2 heterocycles. The highest BCUT2D eigenvalue weighted by molar-refractivity contribution is 6.08. The molecule has 220 valence electrons. The van der Waals surface area contributed by atoms with Gasteiger partial charge in [0, 0.05) is 13.0 Å². The lowest BCUT2D eigenvalue weighted by Crippen LogP contribution is -2.58. The van der Waals surface area contributed by atoms with Crippen LogP contribution in [-0.4, -0.2) is 66.7 Å². The molecule has 2 aromatic rings. The Morgan fingerprint density at radius 1 is 1.17 bits per heavy atom. The van der Waals surface area contributed by atoms with E-state index in [9.17, 15) is 28.7 Å². The Morgan fingerprint density at radius 2 is 1.93 bits per heavy atom. The van der Waals surface area contributed by atoms with Gasteiger partial charge in [0.15, 0.2) is 0 Å². The molecule has 2 aromatic carbocycles. The number of nitrogens with zero attached hydrogens (tertiary/aromatic N) is 1. The van der Waals surface area contributed by atoms with E-state index in [1.54, 1.807) is 24.3 Å². The fourth-order valence-corrected chi connectivity index (χ4v) is 5.35. The van der Waals surface area contributed by atoms with Gasteiger partial charge in [-0.15, -0.1) is 0 Å². The van der Waals surface area contributed by atoms with Crippen molar-refractivity contribution in [3.8, 4) is 5.75 Å². The highest BCUT2D eigenvalue weighted by atomic mass is 19.1. The smallest absolute Gasteiger partial charge is 0.250 e. The second-order valence-corrected chi connectivity index (χ2v) is 10.5. The first-order chi connectivity index (χ1) is 19.7. The molecule has 4 rings (SSSR count). The molecule has 2 aliphatic rings. The number of para-hydroxylation sites is 1. The molecule has 0 bridgehead atoms. The summed E-state index contributed by atoms with van der Waals surface area (Å²) in [5, 5.41) is 18.1. The van der Waals surface area contributed by atoms with Gasteiger partial charge in [0.05, 0.1) is 12.3 Å². The van der Waals surface area contributed by atoms with Crippen molar-refractivity contribution in [1.29, 1.82) is 0 Å². The molecule has 0 radical (unpaired) electrons. The van der Waals surface area contributed by atoms with Gasteiger partial charge in [-0.25, -0.2) is 4.39 Å². The van der Waals surface area contributed by atoms with E-state index in [-0.39, 0.29) is 43.2 Å². The SMILES string of the molecule is CC[C@@H](C)[C@H](NC(=O)COCCF)C(=O)N[C@H]1CCc2cccc3c2N(C1=O)[C@H](C(=O)NCc1cccc(O)c1)C3. The lowest BCUT2D eigenvalue weighted by Gasteiger charge is -2.30. The Balaban J connectivity index is 1.51. The summed E-state index contributed by atoms with van der Waals surface area (Å²) in [6.45, 7) is 2.57. The summed E-state index contributed by atoms with van der Waals surface area (Å²) >= 11 is 0. The number of amides is 4. The number of benzene rings is 2. The normalized spacial score (nSPS) is 19.1. The van der Waals surface area contributed by atoms with Gasteiger partial charge in [0.2, 0.25) is 23.6 Å². The molecule has 0 saturated carbocycles. The minimum atomic E-state index is -0.921. The summed E-state index contributed by atoms with van der Waals surface area (Å²) in [5.41, 5.74) is 3.24. The van der Waals surface area contributed by atoms with Crippen molar-refractivity contribution in [2.24, 2.45) is 5.92 Å². The van der Waals surface area contributed by atoms with Gasteiger partial charge in [-0.3, -0.25) is 24.1 Å². The first-order valence-electron chi connectivity index (χ1n) is 14.0. The molecule has 0 aliphatic carbocycles. The zero-order valence-electron chi connectivity index (χ0n) is 23.3. The maximum Gasteiger partial charge on any atom is 0.250 e. The molecule has 0 aromatic heterocycles. The van der Waals surface area contributed by atoms with Gasteiger partial charge in [-0.2, -0.15) is 0 Å². The molecule has 11 heteroatoms. The van der Waals surface area contributed by atoms with E-state index < -0.39 is 36.6 Å². The summed E-state index contributed by atoms with van der Waals surface area (Å²) in [6, 6.07) is 9.68. The van der Waals surface area contributed by atoms with Crippen LogP contribution < -0.4 is 20.9 Å². The summed E-state index contributed by atoms with van der Waals surface area (Å²) in [6.07, 6.45) is 1.78. The Labute approximate surface area is 238 Å². The van der Waals surface area contributed by atoms with Crippen LogP contribution in [0.1, 0.15) is 43.4 Å². The number of hydrogen-bond donors (Lipinski definition) is 4. The van der Waals surface area contributed by atoms with E-state index >= 15 is 0 Å². The first kappa shape index (κ1) is 30.0. The van der Waals surface area contributed by atoms with Crippen molar-refractivity contribution in [1.82, 2.24) is 16.0 Å². The van der Waals surface area contributed by atoms with Crippen LogP contribution in [0.15, 0.2) is 42.5 Å². The topological polar surface area (TPSA) is 137 Å². The second kappa shape index (κ2) is 13.6. The van der Waals surface area contributed by atoms with Gasteiger partial charge in [-0.05, 0) is 47.6 Å². The molecular weight excluding hydrogens is 531 g/mol. The van der Waals surface area contributed by atoms with E-state index in [1.165, 1.54) is 4.90 Å². The van der Waals surface area contributed by atoms with Crippen LogP contribution >= 0.6 is 0 Å². The summed E-state index contributed by atoms with van der Waals surface area (Å²) in [4.78, 5) is 54.6. The largest absolute Gasteiger partial charge is 0.508 e. The molecule has 0 spiro atoms. The third kappa shape index (κ3) is 7.02. The highest BCUT2D eigenvalue weighted by Gasteiger charge is 2.44. The maximum absolute atomic E-state index is 14.0. The number of hydrogen-bond acceptors (Lipinski definition) is 6. The number of nitrogens with one attached hydrogen (secondary N) is 3. The van der Waals surface area contributed by atoms with Crippen molar-refractivity contribution in [3.05, 3.63) is 59.2 Å². The lowest BCUT2D eigenvalue weighted by molar-refractivity contribution is -0.134. The number of alkyl halides is 1. The number of carbonyl (C=O) groups excluding carboxylic acids is 4. The van der Waals surface area contributed by atoms with Crippen LogP contribution in [0, 0.1) is 5.92 Å². The summed E-state index contributed by atoms with van der Waals surface area (Å²) in [7, 11) is 0. The van der Waals surface area contributed by atoms with E-state index in [1.807, 2.05) is 32.0 Å². The quantitative estimate of drug-likeness (QED) is 0.289. The third-order valence-electron chi connectivity index (χ3n) is 7.67. The number of ether oxygens (including phenoxy) is 1. The van der Waals surface area contributed by atoms with Gasteiger partial charge >= 0.3 is 0 Å². The fraction of sp³-hybridized carbons (Fsp3) is 0.467. The fourth-order valence-electron chi connectivity index (χ4n) is 5.35. The number of aryl methyl sites for hydroxylation is 1. The Kier molecular flexibility index (Phi) is 9.93. The monoisotopic (exact) mass is 568 g/mol. The van der Waals surface area contributed by atoms with E-state index in [4.69, 9.17) is 4.74 Å². The number of phenolic OH excluding ortho intramolecular Hbond substituents is 1. The maximum atomic E-state index is 14.0. The van der Waals surface area contributed by atoms with Gasteiger partial charge < -0.3 is 25.8 Å². The van der Waals surface area contributed by atoms with Crippen molar-refractivity contribution < 1.29 is 33.4 Å². The van der Waals surface area contributed by atoms with Crippen LogP contribution in [0.25, 0.3) is 0 Å². The highest BCUT2D eigenvalue weighted by Crippen LogP contribution is 2.39. The Hall–Kier alpha value is -3.99. The number of carbonyl (C=O) groups is 4. The number of aromatic hydroxyl groups is 1. The number of phenols is 1. The van der Waals surface area contributed by atoms with E-state index in [0.717, 1.165) is 16.7 Å². The summed E-state index contributed by atoms with van der Waals surface area (Å²) < 4.78 is 17.3. The van der Waals surface area contributed by atoms with Crippen LogP contribution in [-0.2, 0) is 43.3 Å². The molecule has 41 heavy (non-hydrogen) atoms. The zero-order chi connectivity index (χ0) is 29.5. The molecule has 4 atom stereocenters. The molecule has 0 saturated heterocycles. The Morgan fingerprint density at radius 3 is 2.66 bits per heavy atom. The second-order valence-electron chi connectivity index (χ2n) is 10.5. The van der Waals surface area contributed by atoms with Crippen molar-refractivity contribution in [3.63, 3.8) is 0 Å². The molecule has 2 aliphatic heterocycles. The average molecular weight is 569 g/mol. The Bertz CT molecular complexity index is 1290. The molecule has 10 nitrogen and oxygen atoms in total. The minimum absolute atomic E-state index is 0.0927. The molecule has 0 unspecified atom stereocenters. The van der Waals surface area contributed by atoms with E-state index in [2.05, 4.69) is 16.0 Å². The first-order valence-corrected chi connectivity index (χ1v) is 14.0. The third-order valence-corrected chi connectivity index (χ3v) is 7.67. The van der Waals surface area contributed by atoms with Gasteiger partial charge in [0.25, 0.3) is 0 Å². The summed E-state index contributed by atoms with van der Waals surface area (Å²) in [5.74, 6) is -1.94. The van der Waals surface area contributed by atoms with Crippen LogP contribution in [0.5, 0.6) is 5.75 Å². The number of anilines is 1. The molecule has 4 amide bonds. The van der Waals surface area contributed by atoms with Gasteiger partial charge in [0.1, 0.15) is 37.2 Å². The molecule has 4 N–H and O–H groups in total. The lowest BCUT2D eigenvalue weighted by atomic mass is 9.97. The van der Waals surface area contributed by atoms with Crippen LogP contribution in [0.4, 0.5) is 10.1 Å².